The minimum atomic E-state index is -0.176. The summed E-state index contributed by atoms with van der Waals surface area (Å²) in [5.74, 6) is 0.508. The van der Waals surface area contributed by atoms with Gasteiger partial charge in [0.15, 0.2) is 5.82 Å². The van der Waals surface area contributed by atoms with Gasteiger partial charge in [-0.05, 0) is 47.0 Å². The number of H-pyrrole nitrogens is 1. The second-order valence-corrected chi connectivity index (χ2v) is 5.66. The number of nitrogens with zero attached hydrogens (tertiary/aromatic N) is 2. The van der Waals surface area contributed by atoms with Gasteiger partial charge < -0.3 is 4.98 Å². The Hall–Kier alpha value is -2.01. The van der Waals surface area contributed by atoms with Gasteiger partial charge in [0, 0.05) is 5.39 Å². The number of benzene rings is 1. The van der Waals surface area contributed by atoms with E-state index in [1.807, 2.05) is 44.2 Å². The first-order chi connectivity index (χ1) is 10.1. The molecule has 3 rings (SSSR count). The molecule has 0 unspecified atom stereocenters. The summed E-state index contributed by atoms with van der Waals surface area (Å²) in [7, 11) is 0. The number of aromatic amines is 1. The van der Waals surface area contributed by atoms with Crippen LogP contribution < -0.4 is 5.56 Å². The van der Waals surface area contributed by atoms with Crippen LogP contribution in [0.1, 0.15) is 18.2 Å². The van der Waals surface area contributed by atoms with Crippen LogP contribution in [0.3, 0.4) is 0 Å². The summed E-state index contributed by atoms with van der Waals surface area (Å²) < 4.78 is 0.492. The maximum Gasteiger partial charge on any atom is 0.265 e. The first-order valence-corrected chi connectivity index (χ1v) is 7.55. The second kappa shape index (κ2) is 5.41. The molecule has 0 spiro atoms. The standard InChI is InChI=1S/C16H14BrN3O/c1-3-11-14(17)16(21)20-15(19-11)13-8-9(2)10-6-4-5-7-12(10)18-13/h4-8H,3H2,1-2H3,(H,19,20,21). The molecule has 4 nitrogen and oxygen atoms in total. The smallest absolute Gasteiger partial charge is 0.265 e. The Labute approximate surface area is 130 Å². The molecule has 0 amide bonds. The Morgan fingerprint density at radius 1 is 1.24 bits per heavy atom. The molecule has 0 atom stereocenters. The number of hydrogen-bond donors (Lipinski definition) is 1. The molecule has 3 aromatic rings. The van der Waals surface area contributed by atoms with E-state index < -0.39 is 0 Å². The first kappa shape index (κ1) is 13.9. The third-order valence-electron chi connectivity index (χ3n) is 3.43. The number of aromatic nitrogens is 3. The molecule has 0 fully saturated rings. The van der Waals surface area contributed by atoms with Crippen LogP contribution in [0, 0.1) is 6.92 Å². The van der Waals surface area contributed by atoms with Crippen molar-refractivity contribution in [3.63, 3.8) is 0 Å². The molecule has 106 valence electrons. The maximum atomic E-state index is 12.0. The average Bonchev–Trinajstić information content (AvgIpc) is 2.50. The number of hydrogen-bond acceptors (Lipinski definition) is 3. The first-order valence-electron chi connectivity index (χ1n) is 6.75. The van der Waals surface area contributed by atoms with Crippen LogP contribution in [0.5, 0.6) is 0 Å². The van der Waals surface area contributed by atoms with Gasteiger partial charge in [-0.25, -0.2) is 9.97 Å². The van der Waals surface area contributed by atoms with E-state index in [4.69, 9.17) is 0 Å². The highest BCUT2D eigenvalue weighted by molar-refractivity contribution is 9.10. The van der Waals surface area contributed by atoms with Gasteiger partial charge in [-0.2, -0.15) is 0 Å². The highest BCUT2D eigenvalue weighted by Gasteiger charge is 2.11. The van der Waals surface area contributed by atoms with E-state index in [1.165, 1.54) is 0 Å². The number of aryl methyl sites for hydroxylation is 2. The van der Waals surface area contributed by atoms with Crippen molar-refractivity contribution < 1.29 is 0 Å². The van der Waals surface area contributed by atoms with E-state index in [2.05, 4.69) is 30.9 Å². The van der Waals surface area contributed by atoms with E-state index in [0.29, 0.717) is 22.4 Å². The van der Waals surface area contributed by atoms with E-state index in [0.717, 1.165) is 22.2 Å². The quantitative estimate of drug-likeness (QED) is 0.772. The van der Waals surface area contributed by atoms with Crippen LogP contribution in [-0.2, 0) is 6.42 Å². The highest BCUT2D eigenvalue weighted by Crippen LogP contribution is 2.22. The summed E-state index contributed by atoms with van der Waals surface area (Å²) >= 11 is 3.27. The van der Waals surface area contributed by atoms with Gasteiger partial charge in [0.2, 0.25) is 0 Å². The Morgan fingerprint density at radius 3 is 2.76 bits per heavy atom. The molecule has 0 saturated carbocycles. The topological polar surface area (TPSA) is 58.6 Å². The lowest BCUT2D eigenvalue weighted by Gasteiger charge is -2.08. The van der Waals surface area contributed by atoms with E-state index >= 15 is 0 Å². The van der Waals surface area contributed by atoms with Gasteiger partial charge in [-0.15, -0.1) is 0 Å². The fraction of sp³-hybridized carbons (Fsp3) is 0.188. The molecule has 0 saturated heterocycles. The Kier molecular flexibility index (Phi) is 3.59. The Bertz CT molecular complexity index is 886. The molecule has 2 aromatic heterocycles. The van der Waals surface area contributed by atoms with Crippen molar-refractivity contribution in [3.8, 4) is 11.5 Å². The van der Waals surface area contributed by atoms with Crippen LogP contribution in [-0.4, -0.2) is 15.0 Å². The SMILES string of the molecule is CCc1nc(-c2cc(C)c3ccccc3n2)[nH]c(=O)c1Br. The summed E-state index contributed by atoms with van der Waals surface area (Å²) in [6, 6.07) is 9.90. The summed E-state index contributed by atoms with van der Waals surface area (Å²) in [6.07, 6.45) is 0.685. The van der Waals surface area contributed by atoms with Crippen molar-refractivity contribution in [1.29, 1.82) is 0 Å². The normalized spacial score (nSPS) is 11.0. The fourth-order valence-corrected chi connectivity index (χ4v) is 2.80. The molecular formula is C16H14BrN3O. The van der Waals surface area contributed by atoms with Crippen LogP contribution in [0.4, 0.5) is 0 Å². The summed E-state index contributed by atoms with van der Waals surface area (Å²) in [4.78, 5) is 23.9. The third kappa shape index (κ3) is 2.49. The molecule has 21 heavy (non-hydrogen) atoms. The molecule has 0 aliphatic carbocycles. The number of pyridine rings is 1. The minimum Gasteiger partial charge on any atom is -0.304 e. The van der Waals surface area contributed by atoms with Gasteiger partial charge in [0.1, 0.15) is 10.2 Å². The molecule has 2 heterocycles. The molecule has 0 radical (unpaired) electrons. The Morgan fingerprint density at radius 2 is 2.00 bits per heavy atom. The van der Waals surface area contributed by atoms with Gasteiger partial charge in [0.05, 0.1) is 11.2 Å². The van der Waals surface area contributed by atoms with Crippen LogP contribution in [0.2, 0.25) is 0 Å². The lowest BCUT2D eigenvalue weighted by molar-refractivity contribution is 0.965. The molecule has 0 aliphatic heterocycles. The monoisotopic (exact) mass is 343 g/mol. The zero-order valence-electron chi connectivity index (χ0n) is 11.8. The van der Waals surface area contributed by atoms with Crippen molar-refractivity contribution in [3.05, 3.63) is 56.4 Å². The largest absolute Gasteiger partial charge is 0.304 e. The molecule has 1 aromatic carbocycles. The van der Waals surface area contributed by atoms with Crippen molar-refractivity contribution in [2.24, 2.45) is 0 Å². The van der Waals surface area contributed by atoms with Crippen molar-refractivity contribution >= 4 is 26.8 Å². The summed E-state index contributed by atoms with van der Waals surface area (Å²) in [6.45, 7) is 4.00. The molecule has 1 N–H and O–H groups in total. The lowest BCUT2D eigenvalue weighted by atomic mass is 10.1. The van der Waals surface area contributed by atoms with Gasteiger partial charge in [0.25, 0.3) is 5.56 Å². The van der Waals surface area contributed by atoms with Crippen LogP contribution >= 0.6 is 15.9 Å². The zero-order chi connectivity index (χ0) is 15.0. The van der Waals surface area contributed by atoms with Crippen molar-refractivity contribution in [2.45, 2.75) is 20.3 Å². The third-order valence-corrected chi connectivity index (χ3v) is 4.25. The fourth-order valence-electron chi connectivity index (χ4n) is 2.33. The number of fused-ring (bicyclic) bond motifs is 1. The second-order valence-electron chi connectivity index (χ2n) is 4.87. The highest BCUT2D eigenvalue weighted by atomic mass is 79.9. The zero-order valence-corrected chi connectivity index (χ0v) is 13.4. The maximum absolute atomic E-state index is 12.0. The van der Waals surface area contributed by atoms with E-state index in [1.54, 1.807) is 0 Å². The Balaban J connectivity index is 2.26. The van der Waals surface area contributed by atoms with Crippen LogP contribution in [0.25, 0.3) is 22.4 Å². The minimum absolute atomic E-state index is 0.176. The number of para-hydroxylation sites is 1. The average molecular weight is 344 g/mol. The van der Waals surface area contributed by atoms with Gasteiger partial charge in [-0.1, -0.05) is 25.1 Å². The predicted octanol–water partition coefficient (Wildman–Crippen LogP) is 3.62. The molecule has 0 aliphatic rings. The molecular weight excluding hydrogens is 330 g/mol. The lowest BCUT2D eigenvalue weighted by Crippen LogP contribution is -2.13. The van der Waals surface area contributed by atoms with Crippen molar-refractivity contribution in [1.82, 2.24) is 15.0 Å². The number of rotatable bonds is 2. The molecule has 0 bridgehead atoms. The molecule has 5 heteroatoms. The van der Waals surface area contributed by atoms with E-state index in [9.17, 15) is 4.79 Å². The van der Waals surface area contributed by atoms with Gasteiger partial charge in [-0.3, -0.25) is 4.79 Å². The van der Waals surface area contributed by atoms with Gasteiger partial charge >= 0.3 is 0 Å². The van der Waals surface area contributed by atoms with Crippen molar-refractivity contribution in [2.75, 3.05) is 0 Å². The predicted molar refractivity (Wildman–Crippen MR) is 87.4 cm³/mol. The number of halogens is 1. The number of nitrogens with one attached hydrogen (secondary N) is 1. The van der Waals surface area contributed by atoms with E-state index in [-0.39, 0.29) is 5.56 Å². The summed E-state index contributed by atoms with van der Waals surface area (Å²) in [5, 5.41) is 1.11. The summed E-state index contributed by atoms with van der Waals surface area (Å²) in [5.41, 5.74) is 3.26. The van der Waals surface area contributed by atoms with Crippen LogP contribution in [0.15, 0.2) is 39.6 Å².